The highest BCUT2D eigenvalue weighted by atomic mass is 31.2. The van der Waals surface area contributed by atoms with Gasteiger partial charge in [0.1, 0.15) is 12.2 Å². The van der Waals surface area contributed by atoms with E-state index < -0.39 is 45.8 Å². The second kappa shape index (κ2) is 40.6. The summed E-state index contributed by atoms with van der Waals surface area (Å²) in [5.41, 5.74) is 0. The largest absolute Gasteiger partial charge is 0.472 e. The zero-order valence-corrected chi connectivity index (χ0v) is 34.8. The highest BCUT2D eigenvalue weighted by molar-refractivity contribution is 7.47. The summed E-state index contributed by atoms with van der Waals surface area (Å²) in [4.78, 5) is 22.5. The molecule has 3 atom stereocenters. The molecule has 54 heavy (non-hydrogen) atoms. The van der Waals surface area contributed by atoms with Gasteiger partial charge in [-0.25, -0.2) is 4.57 Å². The molecule has 3 unspecified atom stereocenters. The van der Waals surface area contributed by atoms with E-state index in [2.05, 4.69) is 86.8 Å². The van der Waals surface area contributed by atoms with Crippen molar-refractivity contribution in [3.05, 3.63) is 72.9 Å². The third kappa shape index (κ3) is 39.6. The van der Waals surface area contributed by atoms with Crippen LogP contribution in [0.2, 0.25) is 0 Å². The van der Waals surface area contributed by atoms with Crippen molar-refractivity contribution in [2.45, 2.75) is 167 Å². The molecule has 0 bridgehead atoms. The SMILES string of the molecule is CC/C=C\C/C=C\C/C=C\C/C=C\C/C=C\C/C=C\CCCCCCC(=O)OC(COCCCCCCCCCCCC)COP(=O)(O)OCC(O)CO. The smallest absolute Gasteiger partial charge is 0.457 e. The lowest BCUT2D eigenvalue weighted by molar-refractivity contribution is -0.154. The van der Waals surface area contributed by atoms with Crippen LogP contribution in [0.3, 0.4) is 0 Å². The zero-order chi connectivity index (χ0) is 39.6. The first kappa shape index (κ1) is 51.9. The summed E-state index contributed by atoms with van der Waals surface area (Å²) in [6, 6.07) is 0. The molecule has 0 rings (SSSR count). The van der Waals surface area contributed by atoms with Crippen molar-refractivity contribution in [2.24, 2.45) is 0 Å². The molecule has 0 aromatic carbocycles. The second-order valence-electron chi connectivity index (χ2n) is 13.6. The Balaban J connectivity index is 4.21. The van der Waals surface area contributed by atoms with Gasteiger partial charge in [0, 0.05) is 13.0 Å². The number of carbonyl (C=O) groups excluding carboxylic acids is 1. The molecule has 312 valence electrons. The van der Waals surface area contributed by atoms with Crippen molar-refractivity contribution in [2.75, 3.05) is 33.0 Å². The molecule has 0 aliphatic rings. The molecule has 0 saturated heterocycles. The first-order chi connectivity index (χ1) is 26.3. The van der Waals surface area contributed by atoms with Gasteiger partial charge in [0.05, 0.1) is 26.4 Å². The fraction of sp³-hybridized carbons (Fsp3) is 0.705. The van der Waals surface area contributed by atoms with Crippen LogP contribution in [-0.2, 0) is 27.9 Å². The highest BCUT2D eigenvalue weighted by Gasteiger charge is 2.26. The van der Waals surface area contributed by atoms with Gasteiger partial charge in [0.2, 0.25) is 0 Å². The number of aliphatic hydroxyl groups is 2. The molecule has 0 spiro atoms. The Kier molecular flexibility index (Phi) is 39.0. The van der Waals surface area contributed by atoms with E-state index in [9.17, 15) is 19.4 Å². The first-order valence-corrected chi connectivity index (χ1v) is 22.4. The number of carbonyl (C=O) groups is 1. The van der Waals surface area contributed by atoms with E-state index >= 15 is 0 Å². The normalized spacial score (nSPS) is 14.8. The molecule has 0 saturated carbocycles. The van der Waals surface area contributed by atoms with Crippen molar-refractivity contribution < 1.29 is 43.0 Å². The molecule has 0 heterocycles. The number of hydrogen-bond donors (Lipinski definition) is 3. The summed E-state index contributed by atoms with van der Waals surface area (Å²) >= 11 is 0. The number of hydrogen-bond acceptors (Lipinski definition) is 8. The Morgan fingerprint density at radius 3 is 1.59 bits per heavy atom. The lowest BCUT2D eigenvalue weighted by atomic mass is 10.1. The van der Waals surface area contributed by atoms with Crippen LogP contribution in [0.15, 0.2) is 72.9 Å². The van der Waals surface area contributed by atoms with Crippen LogP contribution < -0.4 is 0 Å². The summed E-state index contributed by atoms with van der Waals surface area (Å²) < 4.78 is 33.2. The van der Waals surface area contributed by atoms with Crippen LogP contribution in [0.4, 0.5) is 0 Å². The number of phosphoric ester groups is 1. The molecule has 0 aliphatic carbocycles. The van der Waals surface area contributed by atoms with Crippen LogP contribution in [0.25, 0.3) is 0 Å². The topological polar surface area (TPSA) is 132 Å². The molecule has 0 amide bonds. The van der Waals surface area contributed by atoms with Crippen molar-refractivity contribution in [1.29, 1.82) is 0 Å². The maximum absolute atomic E-state index is 12.6. The van der Waals surface area contributed by atoms with Gasteiger partial charge in [0.25, 0.3) is 0 Å². The van der Waals surface area contributed by atoms with Crippen LogP contribution in [0.1, 0.15) is 155 Å². The van der Waals surface area contributed by atoms with E-state index in [1.165, 1.54) is 44.9 Å². The van der Waals surface area contributed by atoms with E-state index in [0.717, 1.165) is 83.5 Å². The minimum atomic E-state index is -4.52. The molecule has 0 radical (unpaired) electrons. The summed E-state index contributed by atoms with van der Waals surface area (Å²) in [5.74, 6) is -0.410. The Bertz CT molecular complexity index is 1070. The number of allylic oxidation sites excluding steroid dienone is 12. The minimum absolute atomic E-state index is 0.0361. The van der Waals surface area contributed by atoms with Gasteiger partial charge in [-0.05, 0) is 64.2 Å². The predicted molar refractivity (Wildman–Crippen MR) is 223 cm³/mol. The van der Waals surface area contributed by atoms with Crippen molar-refractivity contribution >= 4 is 13.8 Å². The average molecular weight is 781 g/mol. The van der Waals surface area contributed by atoms with Gasteiger partial charge in [0.15, 0.2) is 0 Å². The third-order valence-corrected chi connectivity index (χ3v) is 9.36. The van der Waals surface area contributed by atoms with Crippen molar-refractivity contribution in [3.63, 3.8) is 0 Å². The van der Waals surface area contributed by atoms with Crippen molar-refractivity contribution in [1.82, 2.24) is 0 Å². The summed E-state index contributed by atoms with van der Waals surface area (Å²) in [7, 11) is -4.52. The van der Waals surface area contributed by atoms with Gasteiger partial charge in [-0.15, -0.1) is 0 Å². The lowest BCUT2D eigenvalue weighted by Crippen LogP contribution is -2.29. The Morgan fingerprint density at radius 1 is 0.593 bits per heavy atom. The highest BCUT2D eigenvalue weighted by Crippen LogP contribution is 2.43. The van der Waals surface area contributed by atoms with Gasteiger partial charge >= 0.3 is 13.8 Å². The van der Waals surface area contributed by atoms with Crippen molar-refractivity contribution in [3.8, 4) is 0 Å². The van der Waals surface area contributed by atoms with Crippen LogP contribution in [0, 0.1) is 0 Å². The summed E-state index contributed by atoms with van der Waals surface area (Å²) in [5, 5.41) is 18.3. The van der Waals surface area contributed by atoms with E-state index in [0.29, 0.717) is 13.0 Å². The molecular formula is C44H77O9P. The third-order valence-electron chi connectivity index (χ3n) is 8.41. The molecule has 10 heteroatoms. The second-order valence-corrected chi connectivity index (χ2v) is 15.1. The summed E-state index contributed by atoms with van der Waals surface area (Å²) in [6.45, 7) is 3.34. The molecule has 0 aromatic heterocycles. The van der Waals surface area contributed by atoms with Gasteiger partial charge in [-0.1, -0.05) is 157 Å². The van der Waals surface area contributed by atoms with Gasteiger partial charge in [-0.3, -0.25) is 13.8 Å². The molecule has 0 aromatic rings. The Morgan fingerprint density at radius 2 is 1.06 bits per heavy atom. The number of ether oxygens (including phenoxy) is 2. The number of unbranched alkanes of at least 4 members (excludes halogenated alkanes) is 13. The number of aliphatic hydroxyl groups excluding tert-OH is 2. The predicted octanol–water partition coefficient (Wildman–Crippen LogP) is 11.4. The number of rotatable bonds is 39. The van der Waals surface area contributed by atoms with E-state index in [4.69, 9.17) is 23.6 Å². The first-order valence-electron chi connectivity index (χ1n) is 20.9. The Labute approximate surface area is 329 Å². The van der Waals surface area contributed by atoms with Crippen LogP contribution >= 0.6 is 7.82 Å². The molecule has 0 aliphatic heterocycles. The van der Waals surface area contributed by atoms with Crippen LogP contribution in [-0.4, -0.2) is 66.3 Å². The number of esters is 1. The molecule has 3 N–H and O–H groups in total. The summed E-state index contributed by atoms with van der Waals surface area (Å²) in [6.07, 6.45) is 47.2. The zero-order valence-electron chi connectivity index (χ0n) is 33.9. The van der Waals surface area contributed by atoms with Gasteiger partial charge in [-0.2, -0.15) is 0 Å². The maximum atomic E-state index is 12.6. The van der Waals surface area contributed by atoms with E-state index in [-0.39, 0.29) is 13.0 Å². The quantitative estimate of drug-likeness (QED) is 0.0241. The molecular weight excluding hydrogens is 703 g/mol. The standard InChI is InChI=1S/C44H77O9P/c1-3-5-7-9-11-13-15-16-17-18-19-20-21-22-23-24-25-26-27-28-30-32-34-36-44(47)53-43(41-52-54(48,49)51-39-42(46)38-45)40-50-37-35-33-31-29-14-12-10-8-6-4-2/h5,7,11,13,16-17,19-20,22-23,25-26,42-43,45-46H,3-4,6,8-10,12,14-15,18,21,24,27-41H2,1-2H3,(H,48,49)/b7-5-,13-11-,17-16-,20-19-,23-22-,26-25-. The van der Waals surface area contributed by atoms with E-state index in [1.54, 1.807) is 0 Å². The minimum Gasteiger partial charge on any atom is -0.457 e. The monoisotopic (exact) mass is 781 g/mol. The van der Waals surface area contributed by atoms with E-state index in [1.807, 2.05) is 0 Å². The number of phosphoric acid groups is 1. The molecule has 9 nitrogen and oxygen atoms in total. The molecule has 0 fully saturated rings. The fourth-order valence-electron chi connectivity index (χ4n) is 5.24. The maximum Gasteiger partial charge on any atom is 0.472 e. The lowest BCUT2D eigenvalue weighted by Gasteiger charge is -2.20. The van der Waals surface area contributed by atoms with Crippen LogP contribution in [0.5, 0.6) is 0 Å². The Hall–Kier alpha value is -2.10. The fourth-order valence-corrected chi connectivity index (χ4v) is 6.03. The van der Waals surface area contributed by atoms with Gasteiger partial charge < -0.3 is 24.6 Å². The average Bonchev–Trinajstić information content (AvgIpc) is 3.16.